The Hall–Kier alpha value is -2.18. The monoisotopic (exact) mass is 371 g/mol. The minimum atomic E-state index is -3.84. The Morgan fingerprint density at radius 2 is 1.92 bits per heavy atom. The molecule has 5 nitrogen and oxygen atoms in total. The molecule has 2 aromatic carbocycles. The molecule has 1 saturated carbocycles. The van der Waals surface area contributed by atoms with Crippen molar-refractivity contribution in [1.82, 2.24) is 5.32 Å². The summed E-state index contributed by atoms with van der Waals surface area (Å²) in [4.78, 5) is 13.4. The van der Waals surface area contributed by atoms with Gasteiger partial charge in [-0.05, 0) is 67.6 Å². The fourth-order valence-corrected chi connectivity index (χ4v) is 5.31. The average Bonchev–Trinajstić information content (AvgIpc) is 3.39. The van der Waals surface area contributed by atoms with Gasteiger partial charge in [-0.1, -0.05) is 12.1 Å². The van der Waals surface area contributed by atoms with Crippen LogP contribution in [-0.4, -0.2) is 32.2 Å². The number of carbonyl (C=O) groups excluding carboxylic acids is 1. The molecule has 26 heavy (non-hydrogen) atoms. The molecule has 1 aliphatic carbocycles. The van der Waals surface area contributed by atoms with E-state index in [1.165, 1.54) is 0 Å². The molecule has 1 heterocycles. The zero-order valence-electron chi connectivity index (χ0n) is 14.8. The van der Waals surface area contributed by atoms with Gasteiger partial charge in [0, 0.05) is 11.1 Å². The number of benzene rings is 2. The predicted octanol–water partition coefficient (Wildman–Crippen LogP) is 2.66. The number of fused-ring (bicyclic) bond motifs is 1. The van der Waals surface area contributed by atoms with Crippen molar-refractivity contribution in [1.29, 1.82) is 0 Å². The van der Waals surface area contributed by atoms with Gasteiger partial charge >= 0.3 is 0 Å². The van der Waals surface area contributed by atoms with Crippen LogP contribution in [0.5, 0.6) is 5.75 Å². The Morgan fingerprint density at radius 1 is 1.15 bits per heavy atom. The summed E-state index contributed by atoms with van der Waals surface area (Å²) in [5.74, 6) is 0.278. The highest BCUT2D eigenvalue weighted by molar-refractivity contribution is 7.92. The van der Waals surface area contributed by atoms with Crippen LogP contribution < -0.4 is 10.1 Å². The third-order valence-electron chi connectivity index (χ3n) is 5.26. The fourth-order valence-electron chi connectivity index (χ4n) is 3.60. The predicted molar refractivity (Wildman–Crippen MR) is 98.3 cm³/mol. The van der Waals surface area contributed by atoms with Gasteiger partial charge < -0.3 is 4.74 Å². The summed E-state index contributed by atoms with van der Waals surface area (Å²) in [6.45, 7) is 1.84. The SMILES string of the molecule is COc1ccc2c(c1)CC1(CC1)NC(S(=O)(=O)c1cccc(C)c1)C2=O. The van der Waals surface area contributed by atoms with Gasteiger partial charge in [-0.15, -0.1) is 0 Å². The second-order valence-corrected chi connectivity index (χ2v) is 9.26. The highest BCUT2D eigenvalue weighted by Gasteiger charge is 2.51. The highest BCUT2D eigenvalue weighted by atomic mass is 32.2. The second-order valence-electron chi connectivity index (χ2n) is 7.23. The smallest absolute Gasteiger partial charge is 0.201 e. The third kappa shape index (κ3) is 2.83. The summed E-state index contributed by atoms with van der Waals surface area (Å²) in [5.41, 5.74) is 1.83. The van der Waals surface area contributed by atoms with Gasteiger partial charge in [-0.2, -0.15) is 0 Å². The standard InChI is InChI=1S/C20H21NO4S/c1-13-4-3-5-16(10-13)26(23,24)19-18(22)17-7-6-15(25-2)11-14(17)12-20(21-19)8-9-20/h3-7,10-11,19,21H,8-9,12H2,1-2H3. The first-order chi connectivity index (χ1) is 12.3. The number of hydrogen-bond acceptors (Lipinski definition) is 5. The Morgan fingerprint density at radius 3 is 2.58 bits per heavy atom. The molecule has 1 unspecified atom stereocenters. The van der Waals surface area contributed by atoms with Crippen LogP contribution >= 0.6 is 0 Å². The van der Waals surface area contributed by atoms with Gasteiger partial charge in [-0.25, -0.2) is 8.42 Å². The lowest BCUT2D eigenvalue weighted by Gasteiger charge is -2.21. The van der Waals surface area contributed by atoms with Gasteiger partial charge in [0.15, 0.2) is 11.2 Å². The number of ketones is 1. The number of rotatable bonds is 3. The summed E-state index contributed by atoms with van der Waals surface area (Å²) in [6, 6.07) is 11.9. The molecule has 0 saturated heterocycles. The third-order valence-corrected chi connectivity index (χ3v) is 7.13. The number of sulfone groups is 1. The van der Waals surface area contributed by atoms with E-state index in [4.69, 9.17) is 4.74 Å². The number of hydrogen-bond donors (Lipinski definition) is 1. The van der Waals surface area contributed by atoms with Crippen molar-refractivity contribution in [3.8, 4) is 5.75 Å². The molecule has 2 aliphatic rings. The average molecular weight is 371 g/mol. The number of nitrogens with one attached hydrogen (secondary N) is 1. The Labute approximate surface area is 153 Å². The molecule has 1 fully saturated rings. The van der Waals surface area contributed by atoms with E-state index in [-0.39, 0.29) is 10.4 Å². The van der Waals surface area contributed by atoms with Gasteiger partial charge in [0.05, 0.1) is 12.0 Å². The van der Waals surface area contributed by atoms with Crippen molar-refractivity contribution in [2.75, 3.05) is 7.11 Å². The molecule has 2 aromatic rings. The van der Waals surface area contributed by atoms with Crippen LogP contribution in [0.2, 0.25) is 0 Å². The van der Waals surface area contributed by atoms with E-state index in [1.54, 1.807) is 37.4 Å². The van der Waals surface area contributed by atoms with Crippen LogP contribution in [0, 0.1) is 6.92 Å². The van der Waals surface area contributed by atoms with Crippen LogP contribution in [0.3, 0.4) is 0 Å². The zero-order valence-corrected chi connectivity index (χ0v) is 15.6. The van der Waals surface area contributed by atoms with Gasteiger partial charge in [0.2, 0.25) is 9.84 Å². The Bertz CT molecular complexity index is 993. The maximum absolute atomic E-state index is 13.2. The number of carbonyl (C=O) groups is 1. The van der Waals surface area contributed by atoms with Crippen molar-refractivity contribution >= 4 is 15.6 Å². The van der Waals surface area contributed by atoms with E-state index in [1.807, 2.05) is 19.1 Å². The molecule has 136 valence electrons. The molecular weight excluding hydrogens is 350 g/mol. The molecule has 0 bridgehead atoms. The first kappa shape index (κ1) is 17.2. The van der Waals surface area contributed by atoms with Crippen molar-refractivity contribution in [2.24, 2.45) is 0 Å². The molecule has 6 heteroatoms. The van der Waals surface area contributed by atoms with Crippen molar-refractivity contribution in [3.63, 3.8) is 0 Å². The minimum absolute atomic E-state index is 0.177. The summed E-state index contributed by atoms with van der Waals surface area (Å²) >= 11 is 0. The van der Waals surface area contributed by atoms with E-state index >= 15 is 0 Å². The van der Waals surface area contributed by atoms with E-state index in [0.29, 0.717) is 17.7 Å². The first-order valence-corrected chi connectivity index (χ1v) is 10.2. The molecule has 0 radical (unpaired) electrons. The molecule has 0 amide bonds. The minimum Gasteiger partial charge on any atom is -0.497 e. The summed E-state index contributed by atoms with van der Waals surface area (Å²) in [5, 5.41) is 1.92. The Balaban J connectivity index is 1.82. The molecule has 1 spiro atoms. The van der Waals surface area contributed by atoms with Crippen LogP contribution in [0.25, 0.3) is 0 Å². The molecule has 1 atom stereocenters. The van der Waals surface area contributed by atoms with E-state index in [0.717, 1.165) is 24.0 Å². The highest BCUT2D eigenvalue weighted by Crippen LogP contribution is 2.43. The largest absolute Gasteiger partial charge is 0.497 e. The van der Waals surface area contributed by atoms with Gasteiger partial charge in [0.1, 0.15) is 5.75 Å². The van der Waals surface area contributed by atoms with Crippen LogP contribution in [-0.2, 0) is 16.3 Å². The first-order valence-electron chi connectivity index (χ1n) is 8.64. The molecule has 4 rings (SSSR count). The number of ether oxygens (including phenoxy) is 1. The quantitative estimate of drug-likeness (QED) is 0.898. The molecule has 0 aromatic heterocycles. The normalized spacial score (nSPS) is 21.2. The maximum Gasteiger partial charge on any atom is 0.201 e. The topological polar surface area (TPSA) is 72.5 Å². The lowest BCUT2D eigenvalue weighted by Crippen LogP contribution is -2.48. The Kier molecular flexibility index (Phi) is 3.93. The zero-order chi connectivity index (χ0) is 18.5. The lowest BCUT2D eigenvalue weighted by molar-refractivity contribution is 0.0973. The maximum atomic E-state index is 13.2. The lowest BCUT2D eigenvalue weighted by atomic mass is 9.98. The van der Waals surface area contributed by atoms with E-state index < -0.39 is 21.0 Å². The van der Waals surface area contributed by atoms with Crippen LogP contribution in [0.15, 0.2) is 47.4 Å². The number of Topliss-reactive ketones (excluding diaryl/α,β-unsaturated/α-hetero) is 1. The van der Waals surface area contributed by atoms with Gasteiger partial charge in [-0.3, -0.25) is 10.1 Å². The molecule has 1 aliphatic heterocycles. The van der Waals surface area contributed by atoms with E-state index in [9.17, 15) is 13.2 Å². The van der Waals surface area contributed by atoms with Crippen molar-refractivity contribution in [2.45, 2.75) is 42.0 Å². The van der Waals surface area contributed by atoms with Crippen molar-refractivity contribution < 1.29 is 17.9 Å². The summed E-state index contributed by atoms with van der Waals surface area (Å²) in [6.07, 6.45) is 2.35. The number of methoxy groups -OCH3 is 1. The second kappa shape index (κ2) is 5.93. The molecular formula is C20H21NO4S. The van der Waals surface area contributed by atoms with Crippen LogP contribution in [0.1, 0.15) is 34.3 Å². The van der Waals surface area contributed by atoms with Crippen LogP contribution in [0.4, 0.5) is 0 Å². The van der Waals surface area contributed by atoms with Gasteiger partial charge in [0.25, 0.3) is 0 Å². The van der Waals surface area contributed by atoms with E-state index in [2.05, 4.69) is 5.32 Å². The fraction of sp³-hybridized carbons (Fsp3) is 0.350. The van der Waals surface area contributed by atoms with Crippen molar-refractivity contribution in [3.05, 3.63) is 59.2 Å². The number of aryl methyl sites for hydroxylation is 1. The summed E-state index contributed by atoms with van der Waals surface area (Å²) < 4.78 is 31.8. The molecule has 1 N–H and O–H groups in total. The summed E-state index contributed by atoms with van der Waals surface area (Å²) in [7, 11) is -2.26.